The van der Waals surface area contributed by atoms with Crippen molar-refractivity contribution in [2.45, 2.75) is 26.2 Å². The molecule has 0 radical (unpaired) electrons. The summed E-state index contributed by atoms with van der Waals surface area (Å²) < 4.78 is 38.2. The van der Waals surface area contributed by atoms with Gasteiger partial charge in [-0.25, -0.2) is 4.99 Å². The number of nitrogens with one attached hydrogen (secondary N) is 2. The number of aliphatic imine (C=N–C) groups is 1. The van der Waals surface area contributed by atoms with Gasteiger partial charge in [-0.15, -0.1) is 0 Å². The Kier molecular flexibility index (Phi) is 6.27. The van der Waals surface area contributed by atoms with Crippen LogP contribution in [0.15, 0.2) is 53.5 Å². The van der Waals surface area contributed by atoms with Gasteiger partial charge in [-0.1, -0.05) is 24.3 Å². The van der Waals surface area contributed by atoms with Gasteiger partial charge in [-0.2, -0.15) is 13.2 Å². The Labute approximate surface area is 144 Å². The molecule has 2 aromatic carbocycles. The third kappa shape index (κ3) is 6.02. The molecule has 0 saturated carbocycles. The molecule has 0 heterocycles. The van der Waals surface area contributed by atoms with Crippen molar-refractivity contribution in [2.24, 2.45) is 4.99 Å². The van der Waals surface area contributed by atoms with E-state index in [4.69, 9.17) is 0 Å². The van der Waals surface area contributed by atoms with Gasteiger partial charge in [-0.3, -0.25) is 0 Å². The molecule has 3 N–H and O–H groups in total. The number of hydrogen-bond donors (Lipinski definition) is 3. The van der Waals surface area contributed by atoms with E-state index in [-0.39, 0.29) is 12.3 Å². The van der Waals surface area contributed by atoms with E-state index in [2.05, 4.69) is 15.6 Å². The van der Waals surface area contributed by atoms with Crippen LogP contribution < -0.4 is 10.6 Å². The Morgan fingerprint density at radius 2 is 1.76 bits per heavy atom. The number of nitrogens with zero attached hydrogens (tertiary/aromatic N) is 1. The molecule has 0 unspecified atom stereocenters. The van der Waals surface area contributed by atoms with E-state index in [1.54, 1.807) is 30.3 Å². The minimum atomic E-state index is -4.36. The summed E-state index contributed by atoms with van der Waals surface area (Å²) in [5.74, 6) is 0.696. The molecule has 4 nitrogen and oxygen atoms in total. The topological polar surface area (TPSA) is 56.7 Å². The van der Waals surface area contributed by atoms with Crippen LogP contribution in [0.2, 0.25) is 0 Å². The van der Waals surface area contributed by atoms with Crippen molar-refractivity contribution >= 4 is 5.96 Å². The quantitative estimate of drug-likeness (QED) is 0.569. The summed E-state index contributed by atoms with van der Waals surface area (Å²) in [5, 5.41) is 15.4. The van der Waals surface area contributed by atoms with Crippen LogP contribution in [0.4, 0.5) is 13.2 Å². The summed E-state index contributed by atoms with van der Waals surface area (Å²) in [5.41, 5.74) is 0.751. The second-order valence-corrected chi connectivity index (χ2v) is 5.41. The summed E-state index contributed by atoms with van der Waals surface area (Å²) in [6.45, 7) is 3.15. The molecule has 134 valence electrons. The first-order chi connectivity index (χ1) is 11.9. The Bertz CT molecular complexity index is 712. The predicted octanol–water partition coefficient (Wildman–Crippen LogP) is 3.67. The largest absolute Gasteiger partial charge is 0.508 e. The number of hydrogen-bond acceptors (Lipinski definition) is 2. The minimum Gasteiger partial charge on any atom is -0.508 e. The fourth-order valence-electron chi connectivity index (χ4n) is 2.16. The van der Waals surface area contributed by atoms with E-state index in [0.717, 1.165) is 17.7 Å². The number of phenolic OH excluding ortho intramolecular Hbond substituents is 1. The Balaban J connectivity index is 2.02. The van der Waals surface area contributed by atoms with Gasteiger partial charge in [0.15, 0.2) is 5.96 Å². The molecule has 0 amide bonds. The van der Waals surface area contributed by atoms with Gasteiger partial charge in [0.25, 0.3) is 0 Å². The third-order valence-corrected chi connectivity index (χ3v) is 3.41. The van der Waals surface area contributed by atoms with Crippen molar-refractivity contribution in [3.8, 4) is 5.75 Å². The molecule has 0 aliphatic carbocycles. The first-order valence-electron chi connectivity index (χ1n) is 7.84. The normalized spacial score (nSPS) is 12.1. The van der Waals surface area contributed by atoms with E-state index in [9.17, 15) is 18.3 Å². The van der Waals surface area contributed by atoms with Crippen LogP contribution in [0.1, 0.15) is 23.6 Å². The van der Waals surface area contributed by atoms with Gasteiger partial charge in [0, 0.05) is 13.1 Å². The number of phenols is 1. The maximum absolute atomic E-state index is 12.7. The fraction of sp³-hybridized carbons (Fsp3) is 0.278. The van der Waals surface area contributed by atoms with Crippen molar-refractivity contribution in [2.75, 3.05) is 6.54 Å². The van der Waals surface area contributed by atoms with Crippen LogP contribution in [-0.2, 0) is 19.3 Å². The van der Waals surface area contributed by atoms with Crippen LogP contribution in [0.5, 0.6) is 5.75 Å². The van der Waals surface area contributed by atoms with Crippen molar-refractivity contribution in [3.63, 3.8) is 0 Å². The molecule has 2 rings (SSSR count). The summed E-state index contributed by atoms with van der Waals surface area (Å²) in [6, 6.07) is 11.9. The standard InChI is InChI=1S/C18H20F3N3O/c1-2-22-17(23-11-13-6-8-16(25)9-7-13)24-12-14-4-3-5-15(10-14)18(19,20)21/h3-10,25H,2,11-12H2,1H3,(H2,22,23,24). The van der Waals surface area contributed by atoms with Crippen molar-refractivity contribution < 1.29 is 18.3 Å². The van der Waals surface area contributed by atoms with Crippen molar-refractivity contribution in [3.05, 3.63) is 65.2 Å². The molecule has 0 bridgehead atoms. The molecule has 0 aliphatic rings. The highest BCUT2D eigenvalue weighted by Crippen LogP contribution is 2.29. The van der Waals surface area contributed by atoms with Gasteiger partial charge in [0.2, 0.25) is 0 Å². The Morgan fingerprint density at radius 1 is 1.04 bits per heavy atom. The highest BCUT2D eigenvalue weighted by molar-refractivity contribution is 5.79. The molecule has 7 heteroatoms. The minimum absolute atomic E-state index is 0.134. The lowest BCUT2D eigenvalue weighted by atomic mass is 10.1. The first kappa shape index (κ1) is 18.6. The molecule has 0 atom stereocenters. The predicted molar refractivity (Wildman–Crippen MR) is 91.2 cm³/mol. The molecule has 25 heavy (non-hydrogen) atoms. The molecular weight excluding hydrogens is 331 g/mol. The SMILES string of the molecule is CCNC(=NCc1cccc(C(F)(F)F)c1)NCc1ccc(O)cc1. The van der Waals surface area contributed by atoms with E-state index < -0.39 is 11.7 Å². The number of alkyl halides is 3. The number of guanidine groups is 1. The number of rotatable bonds is 5. The molecular formula is C18H20F3N3O. The summed E-state index contributed by atoms with van der Waals surface area (Å²) >= 11 is 0. The molecule has 2 aromatic rings. The summed E-state index contributed by atoms with van der Waals surface area (Å²) in [6.07, 6.45) is -4.36. The second kappa shape index (κ2) is 8.41. The number of benzene rings is 2. The van der Waals surface area contributed by atoms with Gasteiger partial charge in [0.05, 0.1) is 12.1 Å². The molecule has 0 aliphatic heterocycles. The second-order valence-electron chi connectivity index (χ2n) is 5.41. The highest BCUT2D eigenvalue weighted by atomic mass is 19.4. The molecule has 0 saturated heterocycles. The van der Waals surface area contributed by atoms with E-state index in [0.29, 0.717) is 24.6 Å². The fourth-order valence-corrected chi connectivity index (χ4v) is 2.16. The maximum atomic E-state index is 12.7. The Hall–Kier alpha value is -2.70. The first-order valence-corrected chi connectivity index (χ1v) is 7.84. The van der Waals surface area contributed by atoms with Gasteiger partial charge >= 0.3 is 6.18 Å². The van der Waals surface area contributed by atoms with Crippen LogP contribution in [-0.4, -0.2) is 17.6 Å². The summed E-state index contributed by atoms with van der Waals surface area (Å²) in [7, 11) is 0. The summed E-state index contributed by atoms with van der Waals surface area (Å²) in [4.78, 5) is 4.32. The monoisotopic (exact) mass is 351 g/mol. The lowest BCUT2D eigenvalue weighted by Gasteiger charge is -2.12. The zero-order valence-electron chi connectivity index (χ0n) is 13.8. The average Bonchev–Trinajstić information content (AvgIpc) is 2.58. The van der Waals surface area contributed by atoms with E-state index >= 15 is 0 Å². The average molecular weight is 351 g/mol. The Morgan fingerprint density at radius 3 is 2.40 bits per heavy atom. The van der Waals surface area contributed by atoms with Crippen LogP contribution in [0.3, 0.4) is 0 Å². The van der Waals surface area contributed by atoms with E-state index in [1.165, 1.54) is 6.07 Å². The highest BCUT2D eigenvalue weighted by Gasteiger charge is 2.30. The van der Waals surface area contributed by atoms with E-state index in [1.807, 2.05) is 6.92 Å². The molecule has 0 fully saturated rings. The zero-order valence-corrected chi connectivity index (χ0v) is 13.8. The van der Waals surface area contributed by atoms with Crippen LogP contribution in [0, 0.1) is 0 Å². The number of halogens is 3. The maximum Gasteiger partial charge on any atom is 0.416 e. The van der Waals surface area contributed by atoms with Gasteiger partial charge < -0.3 is 15.7 Å². The molecule has 0 aromatic heterocycles. The van der Waals surface area contributed by atoms with Crippen molar-refractivity contribution in [1.82, 2.24) is 10.6 Å². The van der Waals surface area contributed by atoms with Crippen LogP contribution >= 0.6 is 0 Å². The number of aromatic hydroxyl groups is 1. The van der Waals surface area contributed by atoms with Gasteiger partial charge in [-0.05, 0) is 42.3 Å². The lowest BCUT2D eigenvalue weighted by Crippen LogP contribution is -2.36. The van der Waals surface area contributed by atoms with Gasteiger partial charge in [0.1, 0.15) is 5.75 Å². The smallest absolute Gasteiger partial charge is 0.416 e. The zero-order chi connectivity index (χ0) is 18.3. The van der Waals surface area contributed by atoms with Crippen molar-refractivity contribution in [1.29, 1.82) is 0 Å². The third-order valence-electron chi connectivity index (χ3n) is 3.41. The van der Waals surface area contributed by atoms with Crippen LogP contribution in [0.25, 0.3) is 0 Å². The lowest BCUT2D eigenvalue weighted by molar-refractivity contribution is -0.137. The molecule has 0 spiro atoms.